The molecular weight excluding hydrogens is 375 g/mol. The smallest absolute Gasteiger partial charge is 0.315 e. The van der Waals surface area contributed by atoms with E-state index in [9.17, 15) is 19.7 Å². The fraction of sp³-hybridized carbons (Fsp3) is 0.214. The van der Waals surface area contributed by atoms with Crippen molar-refractivity contribution in [1.29, 1.82) is 0 Å². The molecule has 0 saturated heterocycles. The van der Waals surface area contributed by atoms with E-state index in [0.717, 1.165) is 6.07 Å². The first-order chi connectivity index (χ1) is 11.8. The Morgan fingerprint density at radius 1 is 1.40 bits per heavy atom. The van der Waals surface area contributed by atoms with Gasteiger partial charge in [0.2, 0.25) is 12.3 Å². The van der Waals surface area contributed by atoms with Crippen LogP contribution in [0.5, 0.6) is 11.6 Å². The van der Waals surface area contributed by atoms with E-state index in [1.165, 1.54) is 6.07 Å². The second-order valence-electron chi connectivity index (χ2n) is 5.16. The number of nitrogens with zero attached hydrogens (tertiary/aromatic N) is 2. The molecule has 0 saturated carbocycles. The lowest BCUT2D eigenvalue weighted by Gasteiger charge is -2.12. The molecule has 0 spiro atoms. The van der Waals surface area contributed by atoms with Crippen LogP contribution in [0, 0.1) is 10.1 Å². The summed E-state index contributed by atoms with van der Waals surface area (Å²) in [7, 11) is 0. The van der Waals surface area contributed by atoms with Gasteiger partial charge in [0, 0.05) is 11.6 Å². The van der Waals surface area contributed by atoms with Crippen LogP contribution in [0.3, 0.4) is 0 Å². The molecule has 2 aromatic rings. The highest BCUT2D eigenvalue weighted by Crippen LogP contribution is 2.45. The zero-order chi connectivity index (χ0) is 18.7. The van der Waals surface area contributed by atoms with Crippen molar-refractivity contribution >= 4 is 41.0 Å². The molecule has 0 bridgehead atoms. The van der Waals surface area contributed by atoms with Crippen molar-refractivity contribution in [3.63, 3.8) is 0 Å². The third-order valence-corrected chi connectivity index (χ3v) is 3.82. The number of ether oxygens (including phenoxy) is 1. The fourth-order valence-corrected chi connectivity index (χ4v) is 2.63. The summed E-state index contributed by atoms with van der Waals surface area (Å²) in [6.45, 7) is 3.61. The van der Waals surface area contributed by atoms with Crippen molar-refractivity contribution in [3.05, 3.63) is 48.2 Å². The first-order valence-corrected chi connectivity index (χ1v) is 7.65. The molecule has 1 amide bonds. The number of nitro groups is 1. The molecule has 0 aliphatic heterocycles. The van der Waals surface area contributed by atoms with Crippen LogP contribution in [0.1, 0.15) is 25.3 Å². The molecule has 0 fully saturated rings. The molecule has 0 atom stereocenters. The third-order valence-electron chi connectivity index (χ3n) is 3.18. The van der Waals surface area contributed by atoms with Gasteiger partial charge in [-0.2, -0.15) is 0 Å². The molecule has 132 valence electrons. The van der Waals surface area contributed by atoms with Crippen LogP contribution >= 0.6 is 23.2 Å². The number of amides is 1. The minimum atomic E-state index is -0.781. The van der Waals surface area contributed by atoms with Crippen LogP contribution in [-0.4, -0.2) is 21.5 Å². The number of hydrogen-bond acceptors (Lipinski definition) is 6. The molecule has 0 aliphatic rings. The number of carbonyl (C=O) groups excluding carboxylic acids is 1. The van der Waals surface area contributed by atoms with Crippen molar-refractivity contribution < 1.29 is 14.5 Å². The summed E-state index contributed by atoms with van der Waals surface area (Å²) in [5.74, 6) is -0.369. The van der Waals surface area contributed by atoms with Crippen molar-refractivity contribution in [2.75, 3.05) is 5.32 Å². The van der Waals surface area contributed by atoms with E-state index in [4.69, 9.17) is 27.9 Å². The Balaban J connectivity index is 2.55. The molecule has 9 nitrogen and oxygen atoms in total. The molecule has 0 aliphatic carbocycles. The quantitative estimate of drug-likeness (QED) is 0.444. The largest absolute Gasteiger partial charge is 0.434 e. The van der Waals surface area contributed by atoms with E-state index in [-0.39, 0.29) is 40.2 Å². The Morgan fingerprint density at radius 3 is 2.64 bits per heavy atom. The number of rotatable bonds is 6. The third kappa shape index (κ3) is 3.89. The summed E-state index contributed by atoms with van der Waals surface area (Å²) < 4.78 is 5.44. The molecule has 11 heteroatoms. The Bertz CT molecular complexity index is 898. The van der Waals surface area contributed by atoms with Crippen LogP contribution in [0.15, 0.2) is 16.9 Å². The monoisotopic (exact) mass is 386 g/mol. The van der Waals surface area contributed by atoms with Gasteiger partial charge < -0.3 is 10.1 Å². The van der Waals surface area contributed by atoms with Crippen LogP contribution in [0.25, 0.3) is 0 Å². The second-order valence-corrected chi connectivity index (χ2v) is 5.95. The minimum absolute atomic E-state index is 0.0440. The average molecular weight is 387 g/mol. The van der Waals surface area contributed by atoms with Crippen molar-refractivity contribution in [1.82, 2.24) is 10.2 Å². The maximum atomic E-state index is 11.7. The lowest BCUT2D eigenvalue weighted by molar-refractivity contribution is -0.383. The predicted molar refractivity (Wildman–Crippen MR) is 91.8 cm³/mol. The summed E-state index contributed by atoms with van der Waals surface area (Å²) in [4.78, 5) is 32.7. The maximum absolute atomic E-state index is 11.7. The second kappa shape index (κ2) is 7.49. The topological polar surface area (TPSA) is 127 Å². The average Bonchev–Trinajstić information content (AvgIpc) is 2.52. The zero-order valence-corrected chi connectivity index (χ0v) is 14.5. The normalized spacial score (nSPS) is 10.6. The minimum Gasteiger partial charge on any atom is -0.434 e. The number of halogens is 2. The van der Waals surface area contributed by atoms with Gasteiger partial charge in [0.05, 0.1) is 9.95 Å². The van der Waals surface area contributed by atoms with Crippen molar-refractivity contribution in [2.45, 2.75) is 19.8 Å². The molecule has 2 N–H and O–H groups in total. The number of hydrogen-bond donors (Lipinski definition) is 2. The Hall–Kier alpha value is -2.65. The Kier molecular flexibility index (Phi) is 5.60. The van der Waals surface area contributed by atoms with Crippen LogP contribution in [0.4, 0.5) is 11.4 Å². The summed E-state index contributed by atoms with van der Waals surface area (Å²) in [6.07, 6.45) is 0.258. The van der Waals surface area contributed by atoms with E-state index in [0.29, 0.717) is 5.56 Å². The molecule has 1 heterocycles. The first-order valence-electron chi connectivity index (χ1n) is 6.90. The molecule has 1 aromatic heterocycles. The highest BCUT2D eigenvalue weighted by Gasteiger charge is 2.27. The van der Waals surface area contributed by atoms with Gasteiger partial charge in [0.25, 0.3) is 5.56 Å². The summed E-state index contributed by atoms with van der Waals surface area (Å²) in [5.41, 5.74) is -0.733. The number of aromatic amines is 1. The van der Waals surface area contributed by atoms with Crippen molar-refractivity contribution in [3.8, 4) is 11.6 Å². The number of nitrogens with one attached hydrogen (secondary N) is 2. The van der Waals surface area contributed by atoms with Gasteiger partial charge >= 0.3 is 5.69 Å². The first kappa shape index (κ1) is 18.7. The zero-order valence-electron chi connectivity index (χ0n) is 13.0. The van der Waals surface area contributed by atoms with E-state index in [1.54, 1.807) is 13.8 Å². The van der Waals surface area contributed by atoms with Gasteiger partial charge in [-0.3, -0.25) is 19.7 Å². The number of H-pyrrole nitrogens is 1. The van der Waals surface area contributed by atoms with Gasteiger partial charge in [-0.05, 0) is 12.0 Å². The number of aromatic nitrogens is 2. The van der Waals surface area contributed by atoms with Gasteiger partial charge in [-0.1, -0.05) is 37.0 Å². The number of nitro benzene ring substituents is 1. The summed E-state index contributed by atoms with van der Waals surface area (Å²) in [5, 5.41) is 18.9. The van der Waals surface area contributed by atoms with E-state index >= 15 is 0 Å². The molecule has 0 unspecified atom stereocenters. The van der Waals surface area contributed by atoms with E-state index < -0.39 is 15.6 Å². The van der Waals surface area contributed by atoms with Crippen LogP contribution in [0.2, 0.25) is 10.0 Å². The number of anilines is 1. The Morgan fingerprint density at radius 2 is 2.08 bits per heavy atom. The van der Waals surface area contributed by atoms with E-state index in [2.05, 4.69) is 15.5 Å². The Labute approximate surface area is 151 Å². The molecular formula is C14H12Cl2N4O5. The maximum Gasteiger partial charge on any atom is 0.315 e. The summed E-state index contributed by atoms with van der Waals surface area (Å²) >= 11 is 12.1. The van der Waals surface area contributed by atoms with Gasteiger partial charge in [0.1, 0.15) is 5.69 Å². The van der Waals surface area contributed by atoms with E-state index in [1.807, 2.05) is 0 Å². The number of carbonyl (C=O) groups is 1. The standard InChI is InChI=1S/C14H12Cl2N4O5/c1-6(2)7-3-10(18-19-14(7)22)25-13-8(15)4-9(17-5-21)12(11(13)16)20(23)24/h3-6H,1-2H3,(H,17,21)(H,19,22). The predicted octanol–water partition coefficient (Wildman–Crippen LogP) is 3.47. The fourth-order valence-electron chi connectivity index (χ4n) is 2.02. The highest BCUT2D eigenvalue weighted by atomic mass is 35.5. The van der Waals surface area contributed by atoms with Gasteiger partial charge in [-0.15, -0.1) is 5.10 Å². The van der Waals surface area contributed by atoms with Crippen LogP contribution < -0.4 is 15.6 Å². The van der Waals surface area contributed by atoms with Crippen LogP contribution in [-0.2, 0) is 4.79 Å². The number of benzene rings is 1. The SMILES string of the molecule is CC(C)c1cc(Oc2c(Cl)cc(NC=O)c([N+](=O)[O-])c2Cl)n[nH]c1=O. The molecule has 2 rings (SSSR count). The lowest BCUT2D eigenvalue weighted by Crippen LogP contribution is -2.15. The lowest BCUT2D eigenvalue weighted by atomic mass is 10.1. The highest BCUT2D eigenvalue weighted by molar-refractivity contribution is 6.39. The molecule has 1 aromatic carbocycles. The van der Waals surface area contributed by atoms with Gasteiger partial charge in [-0.25, -0.2) is 5.10 Å². The summed E-state index contributed by atoms with van der Waals surface area (Å²) in [6, 6.07) is 2.52. The molecule has 25 heavy (non-hydrogen) atoms. The van der Waals surface area contributed by atoms with Gasteiger partial charge in [0.15, 0.2) is 10.8 Å². The van der Waals surface area contributed by atoms with Crippen molar-refractivity contribution in [2.24, 2.45) is 0 Å². The molecule has 0 radical (unpaired) electrons.